The number of amides is 1. The summed E-state index contributed by atoms with van der Waals surface area (Å²) < 4.78 is 6.59. The number of benzene rings is 1. The molecule has 7 heteroatoms. The summed E-state index contributed by atoms with van der Waals surface area (Å²) in [5.74, 6) is 2.19. The van der Waals surface area contributed by atoms with Gasteiger partial charge in [-0.25, -0.2) is 9.97 Å². The average molecular weight is 359 g/mol. The molecular formula is C17H17N3O2S2. The fourth-order valence-electron chi connectivity index (χ4n) is 2.04. The van der Waals surface area contributed by atoms with E-state index in [0.29, 0.717) is 23.2 Å². The first-order chi connectivity index (χ1) is 11.7. The lowest BCUT2D eigenvalue weighted by Crippen LogP contribution is -2.13. The van der Waals surface area contributed by atoms with Crippen LogP contribution in [0.15, 0.2) is 51.4 Å². The van der Waals surface area contributed by atoms with Gasteiger partial charge in [0.1, 0.15) is 5.76 Å². The van der Waals surface area contributed by atoms with Gasteiger partial charge < -0.3 is 9.73 Å². The summed E-state index contributed by atoms with van der Waals surface area (Å²) in [7, 11) is 0. The molecule has 3 aromatic rings. The first-order valence-electron chi connectivity index (χ1n) is 7.59. The minimum absolute atomic E-state index is 0.0626. The van der Waals surface area contributed by atoms with E-state index in [2.05, 4.69) is 15.3 Å². The third kappa shape index (κ3) is 4.69. The second-order valence-electron chi connectivity index (χ2n) is 5.06. The van der Waals surface area contributed by atoms with Crippen LogP contribution in [-0.2, 0) is 23.4 Å². The van der Waals surface area contributed by atoms with Crippen molar-refractivity contribution in [1.29, 1.82) is 0 Å². The summed E-state index contributed by atoms with van der Waals surface area (Å²) in [6, 6.07) is 9.65. The smallest absolute Gasteiger partial charge is 0.230 e. The van der Waals surface area contributed by atoms with Crippen LogP contribution in [-0.4, -0.2) is 15.9 Å². The highest BCUT2D eigenvalue weighted by Gasteiger charge is 2.09. The summed E-state index contributed by atoms with van der Waals surface area (Å²) >= 11 is 3.05. The minimum atomic E-state index is -0.0626. The molecule has 0 saturated heterocycles. The van der Waals surface area contributed by atoms with Crippen LogP contribution in [0.1, 0.15) is 24.1 Å². The second kappa shape index (κ2) is 8.12. The summed E-state index contributed by atoms with van der Waals surface area (Å²) in [6.07, 6.45) is 4.71. The summed E-state index contributed by atoms with van der Waals surface area (Å²) in [6.45, 7) is 2.03. The SMILES string of the molecule is CCc1cnc(CSc2cnc(NC(=O)Cc3ccccc3)s2)o1. The van der Waals surface area contributed by atoms with Gasteiger partial charge in [0.05, 0.1) is 28.8 Å². The fourth-order valence-corrected chi connectivity index (χ4v) is 3.78. The van der Waals surface area contributed by atoms with Crippen molar-refractivity contribution in [3.8, 4) is 0 Å². The number of anilines is 1. The molecule has 0 aliphatic heterocycles. The van der Waals surface area contributed by atoms with Crippen LogP contribution in [0.25, 0.3) is 0 Å². The van der Waals surface area contributed by atoms with Crippen LogP contribution in [0.2, 0.25) is 0 Å². The molecule has 5 nitrogen and oxygen atoms in total. The highest BCUT2D eigenvalue weighted by molar-refractivity contribution is 8.00. The molecular weight excluding hydrogens is 342 g/mol. The summed E-state index contributed by atoms with van der Waals surface area (Å²) in [5, 5.41) is 3.45. The van der Waals surface area contributed by atoms with Crippen molar-refractivity contribution in [2.24, 2.45) is 0 Å². The number of nitrogens with one attached hydrogen (secondary N) is 1. The van der Waals surface area contributed by atoms with Crippen molar-refractivity contribution in [2.75, 3.05) is 5.32 Å². The number of hydrogen-bond acceptors (Lipinski definition) is 6. The van der Waals surface area contributed by atoms with Gasteiger partial charge in [0, 0.05) is 6.42 Å². The van der Waals surface area contributed by atoms with Crippen molar-refractivity contribution in [1.82, 2.24) is 9.97 Å². The van der Waals surface area contributed by atoms with E-state index >= 15 is 0 Å². The molecule has 0 bridgehead atoms. The molecule has 1 N–H and O–H groups in total. The van der Waals surface area contributed by atoms with Crippen LogP contribution in [0.4, 0.5) is 5.13 Å². The van der Waals surface area contributed by atoms with Crippen LogP contribution < -0.4 is 5.32 Å². The van der Waals surface area contributed by atoms with E-state index in [1.54, 1.807) is 24.2 Å². The van der Waals surface area contributed by atoms with Gasteiger partial charge in [-0.2, -0.15) is 0 Å². The normalized spacial score (nSPS) is 10.7. The molecule has 124 valence electrons. The van der Waals surface area contributed by atoms with Crippen molar-refractivity contribution < 1.29 is 9.21 Å². The van der Waals surface area contributed by atoms with Crippen molar-refractivity contribution in [3.05, 3.63) is 59.9 Å². The number of hydrogen-bond donors (Lipinski definition) is 1. The molecule has 2 aromatic heterocycles. The minimum Gasteiger partial charge on any atom is -0.445 e. The molecule has 2 heterocycles. The number of aryl methyl sites for hydroxylation is 1. The zero-order chi connectivity index (χ0) is 16.8. The molecule has 0 aliphatic carbocycles. The Hall–Kier alpha value is -2.12. The Kier molecular flexibility index (Phi) is 5.66. The Morgan fingerprint density at radius 3 is 2.83 bits per heavy atom. The van der Waals surface area contributed by atoms with Crippen molar-refractivity contribution in [3.63, 3.8) is 0 Å². The highest BCUT2D eigenvalue weighted by Crippen LogP contribution is 2.30. The number of thioether (sulfide) groups is 1. The molecule has 24 heavy (non-hydrogen) atoms. The molecule has 0 spiro atoms. The lowest BCUT2D eigenvalue weighted by molar-refractivity contribution is -0.115. The number of carbonyl (C=O) groups excluding carboxylic acids is 1. The molecule has 0 saturated carbocycles. The number of carbonyl (C=O) groups is 1. The Morgan fingerprint density at radius 2 is 2.08 bits per heavy atom. The Morgan fingerprint density at radius 1 is 1.25 bits per heavy atom. The molecule has 3 rings (SSSR count). The standard InChI is InChI=1S/C17H17N3O2S2/c1-2-13-9-18-15(22-13)11-23-16-10-19-17(24-16)20-14(21)8-12-6-4-3-5-7-12/h3-7,9-10H,2,8,11H2,1H3,(H,19,20,21). The number of aromatic nitrogens is 2. The maximum atomic E-state index is 12.0. The number of rotatable bonds is 7. The number of nitrogens with zero attached hydrogens (tertiary/aromatic N) is 2. The molecule has 0 atom stereocenters. The predicted octanol–water partition coefficient (Wildman–Crippen LogP) is 4.17. The third-order valence-electron chi connectivity index (χ3n) is 3.23. The van der Waals surface area contributed by atoms with E-state index in [1.807, 2.05) is 37.3 Å². The summed E-state index contributed by atoms with van der Waals surface area (Å²) in [4.78, 5) is 20.5. The van der Waals surface area contributed by atoms with Crippen molar-refractivity contribution >= 4 is 34.1 Å². The van der Waals surface area contributed by atoms with Gasteiger partial charge in [-0.15, -0.1) is 11.8 Å². The van der Waals surface area contributed by atoms with E-state index in [1.165, 1.54) is 11.3 Å². The average Bonchev–Trinajstić information content (AvgIpc) is 3.22. The van der Waals surface area contributed by atoms with Gasteiger partial charge >= 0.3 is 0 Å². The fraction of sp³-hybridized carbons (Fsp3) is 0.235. The predicted molar refractivity (Wildman–Crippen MR) is 96.3 cm³/mol. The molecule has 1 aromatic carbocycles. The first kappa shape index (κ1) is 16.7. The van der Waals surface area contributed by atoms with E-state index in [4.69, 9.17) is 4.42 Å². The summed E-state index contributed by atoms with van der Waals surface area (Å²) in [5.41, 5.74) is 0.983. The van der Waals surface area contributed by atoms with Crippen LogP contribution in [0.5, 0.6) is 0 Å². The zero-order valence-corrected chi connectivity index (χ0v) is 14.8. The second-order valence-corrected chi connectivity index (χ2v) is 7.36. The maximum Gasteiger partial charge on any atom is 0.230 e. The highest BCUT2D eigenvalue weighted by atomic mass is 32.2. The quantitative estimate of drug-likeness (QED) is 0.641. The van der Waals surface area contributed by atoms with Gasteiger partial charge in [-0.3, -0.25) is 4.79 Å². The molecule has 0 aliphatic rings. The Labute approximate surface area is 148 Å². The van der Waals surface area contributed by atoms with E-state index < -0.39 is 0 Å². The molecule has 0 radical (unpaired) electrons. The number of oxazole rings is 1. The van der Waals surface area contributed by atoms with Crippen LogP contribution >= 0.6 is 23.1 Å². The van der Waals surface area contributed by atoms with Gasteiger partial charge in [0.15, 0.2) is 5.13 Å². The first-order valence-corrected chi connectivity index (χ1v) is 9.39. The van der Waals surface area contributed by atoms with Gasteiger partial charge in [0.25, 0.3) is 0 Å². The van der Waals surface area contributed by atoms with Gasteiger partial charge in [0.2, 0.25) is 11.8 Å². The monoisotopic (exact) mass is 359 g/mol. The topological polar surface area (TPSA) is 68.0 Å². The lowest BCUT2D eigenvalue weighted by Gasteiger charge is -2.01. The molecule has 0 fully saturated rings. The van der Waals surface area contributed by atoms with Crippen LogP contribution in [0.3, 0.4) is 0 Å². The van der Waals surface area contributed by atoms with Crippen LogP contribution in [0, 0.1) is 0 Å². The Balaban J connectivity index is 1.50. The zero-order valence-electron chi connectivity index (χ0n) is 13.2. The maximum absolute atomic E-state index is 12.0. The molecule has 1 amide bonds. The van der Waals surface area contributed by atoms with Gasteiger partial charge in [-0.1, -0.05) is 48.6 Å². The van der Waals surface area contributed by atoms with E-state index in [-0.39, 0.29) is 5.91 Å². The van der Waals surface area contributed by atoms with Gasteiger partial charge in [-0.05, 0) is 5.56 Å². The Bertz CT molecular complexity index is 799. The largest absolute Gasteiger partial charge is 0.445 e. The van der Waals surface area contributed by atoms with Crippen molar-refractivity contribution in [2.45, 2.75) is 29.7 Å². The van der Waals surface area contributed by atoms with E-state index in [9.17, 15) is 4.79 Å². The third-order valence-corrected chi connectivity index (χ3v) is 5.32. The molecule has 0 unspecified atom stereocenters. The number of thiazole rings is 1. The lowest BCUT2D eigenvalue weighted by atomic mass is 10.1. The van der Waals surface area contributed by atoms with E-state index in [0.717, 1.165) is 22.0 Å².